The van der Waals surface area contributed by atoms with Crippen molar-refractivity contribution >= 4 is 5.91 Å². The smallest absolute Gasteiger partial charge is 0.254 e. The molecule has 116 valence electrons. The van der Waals surface area contributed by atoms with E-state index >= 15 is 0 Å². The van der Waals surface area contributed by atoms with Crippen LogP contribution < -0.4 is 5.32 Å². The highest BCUT2D eigenvalue weighted by Gasteiger charge is 2.18. The molecule has 1 aromatic heterocycles. The maximum Gasteiger partial charge on any atom is 0.254 e. The van der Waals surface area contributed by atoms with Gasteiger partial charge in [0.1, 0.15) is 0 Å². The van der Waals surface area contributed by atoms with Crippen LogP contribution in [0, 0.1) is 17.7 Å². The number of piperidine rings is 1. The number of nitrogens with one attached hydrogen (secondary N) is 1. The fourth-order valence-electron chi connectivity index (χ4n) is 2.60. The van der Waals surface area contributed by atoms with Crippen molar-refractivity contribution in [3.05, 3.63) is 29.6 Å². The van der Waals surface area contributed by atoms with Crippen LogP contribution in [0.15, 0.2) is 12.3 Å². The van der Waals surface area contributed by atoms with Crippen molar-refractivity contribution in [2.24, 2.45) is 5.92 Å². The Morgan fingerprint density at radius 3 is 2.81 bits per heavy atom. The molecule has 1 aliphatic heterocycles. The average molecular weight is 297 g/mol. The molecule has 0 radical (unpaired) electrons. The van der Waals surface area contributed by atoms with Gasteiger partial charge < -0.3 is 10.2 Å². The van der Waals surface area contributed by atoms with Crippen molar-refractivity contribution in [1.82, 2.24) is 15.2 Å². The Morgan fingerprint density at radius 1 is 1.38 bits per heavy atom. The number of pyridine rings is 1. The van der Waals surface area contributed by atoms with E-state index in [1.807, 2.05) is 6.92 Å². The number of carbonyl (C=O) groups is 1. The topological polar surface area (TPSA) is 45.2 Å². The molecule has 0 bridgehead atoms. The van der Waals surface area contributed by atoms with Gasteiger partial charge in [0.15, 0.2) is 5.82 Å². The summed E-state index contributed by atoms with van der Waals surface area (Å²) in [7, 11) is 0. The Bertz CT molecular complexity index is 490. The normalized spacial score (nSPS) is 17.5. The number of hydrogen-bond acceptors (Lipinski definition) is 3. The minimum atomic E-state index is -1.25. The first-order valence-electron chi connectivity index (χ1n) is 7.38. The first-order chi connectivity index (χ1) is 10.1. The average Bonchev–Trinajstić information content (AvgIpc) is 2.48. The summed E-state index contributed by atoms with van der Waals surface area (Å²) in [5, 5.41) is 2.66. The highest BCUT2D eigenvalue weighted by molar-refractivity contribution is 5.94. The molecule has 0 spiro atoms. The molecule has 1 aliphatic rings. The van der Waals surface area contributed by atoms with Crippen LogP contribution in [-0.2, 0) is 0 Å². The SMILES string of the molecule is CC(CNC(=O)c1ccnc(F)c1F)CN1CCCCC1. The molecular formula is C15H21F2N3O. The zero-order chi connectivity index (χ0) is 15.2. The molecule has 2 heterocycles. The summed E-state index contributed by atoms with van der Waals surface area (Å²) in [5.74, 6) is -2.77. The standard InChI is InChI=1S/C15H21F2N3O/c1-11(10-20-7-3-2-4-8-20)9-19-15(21)12-5-6-18-14(17)13(12)16/h5-6,11H,2-4,7-10H2,1H3,(H,19,21). The third kappa shape index (κ3) is 4.46. The van der Waals surface area contributed by atoms with Gasteiger partial charge in [-0.05, 0) is 37.9 Å². The van der Waals surface area contributed by atoms with E-state index in [0.717, 1.165) is 25.8 Å². The Kier molecular flexibility index (Phi) is 5.61. The Balaban J connectivity index is 1.81. The van der Waals surface area contributed by atoms with E-state index in [1.54, 1.807) is 0 Å². The molecule has 1 N–H and O–H groups in total. The molecule has 1 saturated heterocycles. The van der Waals surface area contributed by atoms with Gasteiger partial charge in [-0.1, -0.05) is 13.3 Å². The number of carbonyl (C=O) groups excluding carboxylic acids is 1. The van der Waals surface area contributed by atoms with Crippen molar-refractivity contribution in [3.8, 4) is 0 Å². The second-order valence-electron chi connectivity index (χ2n) is 5.64. The van der Waals surface area contributed by atoms with Gasteiger partial charge in [-0.3, -0.25) is 4.79 Å². The maximum atomic E-state index is 13.4. The number of aromatic nitrogens is 1. The van der Waals surface area contributed by atoms with Gasteiger partial charge >= 0.3 is 0 Å². The van der Waals surface area contributed by atoms with Crippen LogP contribution in [0.2, 0.25) is 0 Å². The molecule has 1 unspecified atom stereocenters. The largest absolute Gasteiger partial charge is 0.352 e. The third-order valence-corrected chi connectivity index (χ3v) is 3.72. The molecule has 1 aromatic rings. The zero-order valence-corrected chi connectivity index (χ0v) is 12.2. The van der Waals surface area contributed by atoms with Gasteiger partial charge in [0, 0.05) is 19.3 Å². The highest BCUT2D eigenvalue weighted by atomic mass is 19.2. The molecular weight excluding hydrogens is 276 g/mol. The van der Waals surface area contributed by atoms with Crippen LogP contribution in [-0.4, -0.2) is 42.0 Å². The predicted molar refractivity (Wildman–Crippen MR) is 75.9 cm³/mol. The van der Waals surface area contributed by atoms with Crippen molar-refractivity contribution in [2.75, 3.05) is 26.2 Å². The summed E-state index contributed by atoms with van der Waals surface area (Å²) in [6, 6.07) is 1.18. The maximum absolute atomic E-state index is 13.4. The summed E-state index contributed by atoms with van der Waals surface area (Å²) >= 11 is 0. The monoisotopic (exact) mass is 297 g/mol. The molecule has 21 heavy (non-hydrogen) atoms. The second kappa shape index (κ2) is 7.45. The van der Waals surface area contributed by atoms with Gasteiger partial charge in [-0.25, -0.2) is 9.37 Å². The lowest BCUT2D eigenvalue weighted by molar-refractivity contribution is 0.0937. The molecule has 6 heteroatoms. The van der Waals surface area contributed by atoms with E-state index in [-0.39, 0.29) is 11.5 Å². The Hall–Kier alpha value is -1.56. The Morgan fingerprint density at radius 2 is 2.10 bits per heavy atom. The number of hydrogen-bond donors (Lipinski definition) is 1. The molecule has 1 fully saturated rings. The van der Waals surface area contributed by atoms with Gasteiger partial charge in [0.2, 0.25) is 5.95 Å². The van der Waals surface area contributed by atoms with Crippen molar-refractivity contribution in [1.29, 1.82) is 0 Å². The highest BCUT2D eigenvalue weighted by Crippen LogP contribution is 2.11. The lowest BCUT2D eigenvalue weighted by Crippen LogP contribution is -2.38. The van der Waals surface area contributed by atoms with E-state index < -0.39 is 17.7 Å². The van der Waals surface area contributed by atoms with Gasteiger partial charge in [0.05, 0.1) is 5.56 Å². The number of nitrogens with zero attached hydrogens (tertiary/aromatic N) is 2. The third-order valence-electron chi connectivity index (χ3n) is 3.72. The van der Waals surface area contributed by atoms with Crippen molar-refractivity contribution < 1.29 is 13.6 Å². The lowest BCUT2D eigenvalue weighted by Gasteiger charge is -2.29. The van der Waals surface area contributed by atoms with Crippen LogP contribution in [0.3, 0.4) is 0 Å². The number of amides is 1. The quantitative estimate of drug-likeness (QED) is 0.848. The van der Waals surface area contributed by atoms with E-state index in [4.69, 9.17) is 0 Å². The molecule has 0 aliphatic carbocycles. The van der Waals surface area contributed by atoms with Crippen LogP contribution in [0.25, 0.3) is 0 Å². The molecule has 1 atom stereocenters. The summed E-state index contributed by atoms with van der Waals surface area (Å²) in [6.07, 6.45) is 4.82. The molecule has 0 saturated carbocycles. The molecule has 2 rings (SSSR count). The summed E-state index contributed by atoms with van der Waals surface area (Å²) in [6.45, 7) is 5.59. The number of rotatable bonds is 5. The fourth-order valence-corrected chi connectivity index (χ4v) is 2.60. The van der Waals surface area contributed by atoms with Gasteiger partial charge in [-0.2, -0.15) is 4.39 Å². The molecule has 0 aromatic carbocycles. The lowest BCUT2D eigenvalue weighted by atomic mass is 10.1. The Labute approximate surface area is 123 Å². The van der Waals surface area contributed by atoms with E-state index in [1.165, 1.54) is 25.3 Å². The van der Waals surface area contributed by atoms with E-state index in [2.05, 4.69) is 15.2 Å². The minimum Gasteiger partial charge on any atom is -0.352 e. The van der Waals surface area contributed by atoms with E-state index in [9.17, 15) is 13.6 Å². The predicted octanol–water partition coefficient (Wildman–Crippen LogP) is 2.21. The van der Waals surface area contributed by atoms with Crippen LogP contribution in [0.1, 0.15) is 36.5 Å². The number of halogens is 2. The first-order valence-corrected chi connectivity index (χ1v) is 7.38. The van der Waals surface area contributed by atoms with Crippen LogP contribution >= 0.6 is 0 Å². The fraction of sp³-hybridized carbons (Fsp3) is 0.600. The van der Waals surface area contributed by atoms with Gasteiger partial charge in [-0.15, -0.1) is 0 Å². The minimum absolute atomic E-state index is 0.266. The zero-order valence-electron chi connectivity index (χ0n) is 12.2. The van der Waals surface area contributed by atoms with Crippen LogP contribution in [0.4, 0.5) is 8.78 Å². The van der Waals surface area contributed by atoms with Crippen molar-refractivity contribution in [3.63, 3.8) is 0 Å². The summed E-state index contributed by atoms with van der Waals surface area (Å²) in [5.41, 5.74) is -0.298. The second-order valence-corrected chi connectivity index (χ2v) is 5.64. The molecule has 4 nitrogen and oxygen atoms in total. The van der Waals surface area contributed by atoms with E-state index in [0.29, 0.717) is 6.54 Å². The van der Waals surface area contributed by atoms with Crippen LogP contribution in [0.5, 0.6) is 0 Å². The first kappa shape index (κ1) is 15.8. The number of likely N-dealkylation sites (tertiary alicyclic amines) is 1. The summed E-state index contributed by atoms with van der Waals surface area (Å²) in [4.78, 5) is 17.4. The van der Waals surface area contributed by atoms with Crippen molar-refractivity contribution in [2.45, 2.75) is 26.2 Å². The summed E-state index contributed by atoms with van der Waals surface area (Å²) < 4.78 is 26.4. The molecule has 1 amide bonds. The van der Waals surface area contributed by atoms with Gasteiger partial charge in [0.25, 0.3) is 5.91 Å².